The molecule has 0 unspecified atom stereocenters. The smallest absolute Gasteiger partial charge is 0.266 e. The van der Waals surface area contributed by atoms with Crippen LogP contribution in [0.15, 0.2) is 42.7 Å². The highest BCUT2D eigenvalue weighted by Gasteiger charge is 2.62. The van der Waals surface area contributed by atoms with Gasteiger partial charge in [-0.2, -0.15) is 0 Å². The average Bonchev–Trinajstić information content (AvgIpc) is 3.32. The van der Waals surface area contributed by atoms with Crippen molar-refractivity contribution in [3.63, 3.8) is 0 Å². The first kappa shape index (κ1) is 14.3. The van der Waals surface area contributed by atoms with Crippen molar-refractivity contribution in [1.29, 1.82) is 0 Å². The van der Waals surface area contributed by atoms with Gasteiger partial charge in [-0.05, 0) is 43.5 Å². The zero-order valence-electron chi connectivity index (χ0n) is 12.3. The number of hydrogen-bond donors (Lipinski definition) is 0. The summed E-state index contributed by atoms with van der Waals surface area (Å²) in [6, 6.07) is 8.64. The number of nitrogens with zero attached hydrogens (tertiary/aromatic N) is 3. The van der Waals surface area contributed by atoms with Crippen LogP contribution in [0.5, 0.6) is 0 Å². The molecular weight excluding hydrogens is 314 g/mol. The third-order valence-electron chi connectivity index (χ3n) is 4.59. The summed E-state index contributed by atoms with van der Waals surface area (Å²) in [4.78, 5) is 20.9. The van der Waals surface area contributed by atoms with Crippen LogP contribution >= 0.6 is 0 Å². The van der Waals surface area contributed by atoms with Gasteiger partial charge in [0.15, 0.2) is 0 Å². The lowest BCUT2D eigenvalue weighted by Crippen LogP contribution is -2.36. The number of aromatic nitrogens is 2. The van der Waals surface area contributed by atoms with Crippen molar-refractivity contribution in [2.75, 3.05) is 6.54 Å². The molecule has 0 bridgehead atoms. The number of carbonyl (C=O) groups is 1. The average molecular weight is 329 g/mol. The summed E-state index contributed by atoms with van der Waals surface area (Å²) in [5.74, 6) is -0.537. The molecule has 1 saturated carbocycles. The fraction of sp³-hybridized carbons (Fsp3) is 0.312. The monoisotopic (exact) mass is 329 g/mol. The van der Waals surface area contributed by atoms with Crippen LogP contribution in [0.4, 0.5) is 0 Å². The largest absolute Gasteiger partial charge is 0.285 e. The van der Waals surface area contributed by atoms with E-state index in [1.165, 1.54) is 0 Å². The first-order valence-corrected chi connectivity index (χ1v) is 8.92. The van der Waals surface area contributed by atoms with Crippen LogP contribution in [-0.4, -0.2) is 39.9 Å². The van der Waals surface area contributed by atoms with E-state index in [0.717, 1.165) is 9.87 Å². The van der Waals surface area contributed by atoms with Crippen molar-refractivity contribution in [2.24, 2.45) is 0 Å². The second kappa shape index (κ2) is 4.86. The van der Waals surface area contributed by atoms with Gasteiger partial charge in [0.25, 0.3) is 5.91 Å². The standard InChI is InChI=1S/C16H15N3O3S/c20-15(19-11-8-16(6-7-16)23(19,21)22)14-3-1-2-13(18-14)12-4-9-17-10-5-12/h1-5,9-10H,6-8,11H2. The molecule has 4 rings (SSSR count). The highest BCUT2D eigenvalue weighted by atomic mass is 32.2. The van der Waals surface area contributed by atoms with Gasteiger partial charge in [0.05, 0.1) is 10.4 Å². The van der Waals surface area contributed by atoms with Crippen molar-refractivity contribution in [2.45, 2.75) is 24.0 Å². The molecule has 1 amide bonds. The molecule has 2 aromatic heterocycles. The van der Waals surface area contributed by atoms with Crippen molar-refractivity contribution >= 4 is 15.9 Å². The molecule has 2 fully saturated rings. The molecule has 2 aliphatic rings. The van der Waals surface area contributed by atoms with Crippen LogP contribution in [0.1, 0.15) is 29.8 Å². The van der Waals surface area contributed by atoms with Crippen LogP contribution in [0, 0.1) is 0 Å². The predicted molar refractivity (Wildman–Crippen MR) is 84.0 cm³/mol. The van der Waals surface area contributed by atoms with Gasteiger partial charge in [-0.15, -0.1) is 0 Å². The number of carbonyl (C=O) groups excluding carboxylic acids is 1. The van der Waals surface area contributed by atoms with Gasteiger partial charge in [-0.25, -0.2) is 17.7 Å². The van der Waals surface area contributed by atoms with E-state index in [-0.39, 0.29) is 12.2 Å². The Kier molecular flexibility index (Phi) is 3.02. The lowest BCUT2D eigenvalue weighted by atomic mass is 10.1. The first-order chi connectivity index (χ1) is 11.0. The number of amides is 1. The second-order valence-corrected chi connectivity index (χ2v) is 8.22. The number of sulfonamides is 1. The first-order valence-electron chi connectivity index (χ1n) is 7.48. The van der Waals surface area contributed by atoms with Gasteiger partial charge in [0.2, 0.25) is 10.0 Å². The molecule has 0 radical (unpaired) electrons. The van der Waals surface area contributed by atoms with Gasteiger partial charge in [0.1, 0.15) is 5.69 Å². The number of rotatable bonds is 2. The van der Waals surface area contributed by atoms with E-state index < -0.39 is 20.7 Å². The Balaban J connectivity index is 1.68. The van der Waals surface area contributed by atoms with Gasteiger partial charge < -0.3 is 0 Å². The van der Waals surface area contributed by atoms with Crippen molar-refractivity contribution < 1.29 is 13.2 Å². The summed E-state index contributed by atoms with van der Waals surface area (Å²) >= 11 is 0. The molecule has 1 aliphatic carbocycles. The minimum absolute atomic E-state index is 0.153. The van der Waals surface area contributed by atoms with Crippen molar-refractivity contribution in [3.05, 3.63) is 48.4 Å². The molecule has 0 atom stereocenters. The van der Waals surface area contributed by atoms with Crippen LogP contribution in [0.3, 0.4) is 0 Å². The molecule has 6 nitrogen and oxygen atoms in total. The highest BCUT2D eigenvalue weighted by Crippen LogP contribution is 2.52. The van der Waals surface area contributed by atoms with E-state index in [1.54, 1.807) is 42.7 Å². The zero-order chi connectivity index (χ0) is 16.1. The fourth-order valence-electron chi connectivity index (χ4n) is 3.01. The van der Waals surface area contributed by atoms with E-state index in [1.807, 2.05) is 0 Å². The third kappa shape index (κ3) is 2.15. The van der Waals surface area contributed by atoms with Gasteiger partial charge in [-0.1, -0.05) is 6.07 Å². The molecule has 23 heavy (non-hydrogen) atoms. The van der Waals surface area contributed by atoms with E-state index in [0.29, 0.717) is 25.0 Å². The number of hydrogen-bond acceptors (Lipinski definition) is 5. The normalized spacial score (nSPS) is 20.6. The molecule has 3 heterocycles. The maximum Gasteiger partial charge on any atom is 0.285 e. The lowest BCUT2D eigenvalue weighted by Gasteiger charge is -2.16. The van der Waals surface area contributed by atoms with Crippen LogP contribution in [-0.2, 0) is 10.0 Å². The maximum atomic E-state index is 12.6. The summed E-state index contributed by atoms with van der Waals surface area (Å²) in [5, 5.41) is 0. The summed E-state index contributed by atoms with van der Waals surface area (Å²) in [6.07, 6.45) is 5.14. The summed E-state index contributed by atoms with van der Waals surface area (Å²) in [6.45, 7) is 0.252. The highest BCUT2D eigenvalue weighted by molar-refractivity contribution is 7.91. The molecule has 7 heteroatoms. The zero-order valence-corrected chi connectivity index (χ0v) is 13.2. The van der Waals surface area contributed by atoms with Gasteiger partial charge in [-0.3, -0.25) is 9.78 Å². The lowest BCUT2D eigenvalue weighted by molar-refractivity contribution is 0.0864. The SMILES string of the molecule is O=C(c1cccc(-c2ccncc2)n1)N1CCC2(CC2)S1(=O)=O. The minimum Gasteiger partial charge on any atom is -0.266 e. The summed E-state index contributed by atoms with van der Waals surface area (Å²) < 4.78 is 25.4. The van der Waals surface area contributed by atoms with Crippen molar-refractivity contribution in [3.8, 4) is 11.3 Å². The Morgan fingerprint density at radius 2 is 1.83 bits per heavy atom. The Labute approximate surface area is 134 Å². The topological polar surface area (TPSA) is 80.2 Å². The molecule has 1 saturated heterocycles. The molecule has 1 spiro atoms. The van der Waals surface area contributed by atoms with Gasteiger partial charge >= 0.3 is 0 Å². The second-order valence-electron chi connectivity index (χ2n) is 5.96. The van der Waals surface area contributed by atoms with Crippen LogP contribution in [0.25, 0.3) is 11.3 Å². The van der Waals surface area contributed by atoms with E-state index in [9.17, 15) is 13.2 Å². The predicted octanol–water partition coefficient (Wildman–Crippen LogP) is 1.85. The van der Waals surface area contributed by atoms with Crippen LogP contribution < -0.4 is 0 Å². The maximum absolute atomic E-state index is 12.6. The van der Waals surface area contributed by atoms with E-state index in [2.05, 4.69) is 9.97 Å². The van der Waals surface area contributed by atoms with Crippen LogP contribution in [0.2, 0.25) is 0 Å². The van der Waals surface area contributed by atoms with E-state index >= 15 is 0 Å². The molecular formula is C16H15N3O3S. The summed E-state index contributed by atoms with van der Waals surface area (Å²) in [5.41, 5.74) is 1.61. The number of pyridine rings is 2. The minimum atomic E-state index is -3.55. The Bertz CT molecular complexity index is 876. The quantitative estimate of drug-likeness (QED) is 0.840. The molecule has 0 aromatic carbocycles. The Morgan fingerprint density at radius 1 is 1.09 bits per heavy atom. The molecule has 118 valence electrons. The molecule has 1 aliphatic heterocycles. The van der Waals surface area contributed by atoms with E-state index in [4.69, 9.17) is 0 Å². The fourth-order valence-corrected chi connectivity index (χ4v) is 5.09. The Morgan fingerprint density at radius 3 is 2.48 bits per heavy atom. The van der Waals surface area contributed by atoms with Gasteiger partial charge in [0, 0.05) is 24.5 Å². The third-order valence-corrected chi connectivity index (χ3v) is 7.22. The summed E-state index contributed by atoms with van der Waals surface area (Å²) in [7, 11) is -3.55. The molecule has 0 N–H and O–H groups in total. The van der Waals surface area contributed by atoms with Crippen molar-refractivity contribution in [1.82, 2.24) is 14.3 Å². The Hall–Kier alpha value is -2.28. The molecule has 2 aromatic rings.